The SMILES string of the molecule is CN=C(Nc1ccc(SC)cc1)c1c(SC)nc(-c2ccc(SC)cc2)[nH]c1=O. The van der Waals surface area contributed by atoms with E-state index >= 15 is 0 Å². The third-order valence-electron chi connectivity index (χ3n) is 4.26. The molecule has 1 heterocycles. The lowest BCUT2D eigenvalue weighted by Gasteiger charge is -2.13. The van der Waals surface area contributed by atoms with Crippen LogP contribution >= 0.6 is 35.3 Å². The summed E-state index contributed by atoms with van der Waals surface area (Å²) < 4.78 is 0. The highest BCUT2D eigenvalue weighted by molar-refractivity contribution is 7.99. The van der Waals surface area contributed by atoms with Crippen LogP contribution in [0.1, 0.15) is 5.56 Å². The standard InChI is InChI=1S/C21H22N4OS3/c1-22-19(23-14-7-11-16(28-3)12-8-14)17-20(26)24-18(25-21(17)29-4)13-5-9-15(27-2)10-6-13/h5-12H,1-4H3,(H,22,23)(H,24,25,26). The Morgan fingerprint density at radius 1 is 0.931 bits per heavy atom. The number of thioether (sulfide) groups is 3. The largest absolute Gasteiger partial charge is 0.340 e. The number of aliphatic imine (C=N–C) groups is 1. The van der Waals surface area contributed by atoms with E-state index in [9.17, 15) is 4.79 Å². The first-order chi connectivity index (χ1) is 14.1. The molecule has 3 rings (SSSR count). The zero-order valence-corrected chi connectivity index (χ0v) is 19.1. The van der Waals surface area contributed by atoms with Gasteiger partial charge >= 0.3 is 0 Å². The van der Waals surface area contributed by atoms with E-state index in [1.54, 1.807) is 30.6 Å². The highest BCUT2D eigenvalue weighted by Crippen LogP contribution is 2.24. The average molecular weight is 443 g/mol. The van der Waals surface area contributed by atoms with Gasteiger partial charge in [0.1, 0.15) is 22.2 Å². The predicted octanol–water partition coefficient (Wildman–Crippen LogP) is 5.09. The Morgan fingerprint density at radius 2 is 1.52 bits per heavy atom. The molecule has 0 aliphatic heterocycles. The van der Waals surface area contributed by atoms with Crippen LogP contribution in [0.15, 0.2) is 73.1 Å². The molecule has 0 fully saturated rings. The molecule has 0 saturated carbocycles. The summed E-state index contributed by atoms with van der Waals surface area (Å²) in [6.07, 6.45) is 5.98. The van der Waals surface area contributed by atoms with Crippen molar-refractivity contribution in [2.45, 2.75) is 14.8 Å². The van der Waals surface area contributed by atoms with Gasteiger partial charge in [-0.05, 0) is 55.2 Å². The molecule has 29 heavy (non-hydrogen) atoms. The van der Waals surface area contributed by atoms with Crippen LogP contribution in [0, 0.1) is 0 Å². The van der Waals surface area contributed by atoms with Crippen molar-refractivity contribution in [1.29, 1.82) is 0 Å². The third-order valence-corrected chi connectivity index (χ3v) is 6.43. The van der Waals surface area contributed by atoms with Crippen LogP contribution in [0.3, 0.4) is 0 Å². The fourth-order valence-corrected chi connectivity index (χ4v) is 4.13. The van der Waals surface area contributed by atoms with E-state index in [1.807, 2.05) is 67.3 Å². The summed E-state index contributed by atoms with van der Waals surface area (Å²) in [7, 11) is 1.66. The summed E-state index contributed by atoms with van der Waals surface area (Å²) in [6.45, 7) is 0. The molecule has 150 valence electrons. The van der Waals surface area contributed by atoms with Crippen LogP contribution in [0.2, 0.25) is 0 Å². The molecule has 0 aliphatic rings. The number of hydrogen-bond donors (Lipinski definition) is 2. The number of H-pyrrole nitrogens is 1. The van der Waals surface area contributed by atoms with Crippen molar-refractivity contribution in [2.24, 2.45) is 4.99 Å². The second-order valence-corrected chi connectivity index (χ2v) is 8.51. The van der Waals surface area contributed by atoms with E-state index in [0.29, 0.717) is 22.2 Å². The lowest BCUT2D eigenvalue weighted by molar-refractivity contribution is 1.01. The van der Waals surface area contributed by atoms with E-state index in [0.717, 1.165) is 16.1 Å². The first-order valence-corrected chi connectivity index (χ1v) is 12.5. The van der Waals surface area contributed by atoms with Crippen molar-refractivity contribution >= 4 is 46.8 Å². The van der Waals surface area contributed by atoms with Gasteiger partial charge in [-0.15, -0.1) is 35.3 Å². The maximum atomic E-state index is 13.0. The van der Waals surface area contributed by atoms with Gasteiger partial charge in [-0.1, -0.05) is 12.1 Å². The number of hydrogen-bond acceptors (Lipinski definition) is 6. The Kier molecular flexibility index (Phi) is 7.46. The molecule has 2 N–H and O–H groups in total. The summed E-state index contributed by atoms with van der Waals surface area (Å²) in [6, 6.07) is 16.0. The van der Waals surface area contributed by atoms with Crippen molar-refractivity contribution < 1.29 is 0 Å². The Hall–Kier alpha value is -2.16. The van der Waals surface area contributed by atoms with E-state index < -0.39 is 0 Å². The molecule has 5 nitrogen and oxygen atoms in total. The van der Waals surface area contributed by atoms with Crippen LogP contribution in [0.4, 0.5) is 5.69 Å². The van der Waals surface area contributed by atoms with Crippen LogP contribution in [0.5, 0.6) is 0 Å². The molecule has 8 heteroatoms. The fraction of sp³-hybridized carbons (Fsp3) is 0.190. The van der Waals surface area contributed by atoms with E-state index in [2.05, 4.69) is 15.3 Å². The fourth-order valence-electron chi connectivity index (χ4n) is 2.74. The van der Waals surface area contributed by atoms with Gasteiger partial charge in [0.2, 0.25) is 0 Å². The molecule has 0 spiro atoms. The number of amidine groups is 1. The summed E-state index contributed by atoms with van der Waals surface area (Å²) in [4.78, 5) is 27.2. The minimum Gasteiger partial charge on any atom is -0.340 e. The average Bonchev–Trinajstić information content (AvgIpc) is 2.77. The van der Waals surface area contributed by atoms with Gasteiger partial charge in [-0.25, -0.2) is 4.98 Å². The van der Waals surface area contributed by atoms with E-state index in [4.69, 9.17) is 4.98 Å². The van der Waals surface area contributed by atoms with Gasteiger partial charge in [0, 0.05) is 28.1 Å². The maximum absolute atomic E-state index is 13.0. The van der Waals surface area contributed by atoms with Crippen molar-refractivity contribution in [2.75, 3.05) is 31.1 Å². The Morgan fingerprint density at radius 3 is 2.03 bits per heavy atom. The van der Waals surface area contributed by atoms with Crippen LogP contribution in [0.25, 0.3) is 11.4 Å². The molecule has 0 unspecified atom stereocenters. The third kappa shape index (κ3) is 5.07. The zero-order chi connectivity index (χ0) is 20.8. The summed E-state index contributed by atoms with van der Waals surface area (Å²) in [5.74, 6) is 1.04. The summed E-state index contributed by atoms with van der Waals surface area (Å²) in [5.41, 5.74) is 1.96. The Labute approximate surface area is 183 Å². The number of nitrogens with one attached hydrogen (secondary N) is 2. The summed E-state index contributed by atoms with van der Waals surface area (Å²) in [5, 5.41) is 3.88. The Bertz CT molecular complexity index is 1060. The lowest BCUT2D eigenvalue weighted by Crippen LogP contribution is -2.26. The van der Waals surface area contributed by atoms with Gasteiger partial charge in [0.05, 0.1) is 0 Å². The molecule has 0 bridgehead atoms. The second-order valence-electron chi connectivity index (χ2n) is 5.95. The number of benzene rings is 2. The molecule has 1 aromatic heterocycles. The number of aromatic amines is 1. The second kappa shape index (κ2) is 10.0. The predicted molar refractivity (Wildman–Crippen MR) is 128 cm³/mol. The van der Waals surface area contributed by atoms with Crippen molar-refractivity contribution in [3.05, 3.63) is 64.4 Å². The van der Waals surface area contributed by atoms with E-state index in [1.165, 1.54) is 16.7 Å². The first kappa shape index (κ1) is 21.5. The van der Waals surface area contributed by atoms with E-state index in [-0.39, 0.29) is 5.56 Å². The Balaban J connectivity index is 1.97. The van der Waals surface area contributed by atoms with Gasteiger partial charge in [0.15, 0.2) is 0 Å². The molecule has 0 radical (unpaired) electrons. The quantitative estimate of drug-likeness (QED) is 0.240. The number of nitrogens with zero attached hydrogens (tertiary/aromatic N) is 2. The van der Waals surface area contributed by atoms with Crippen LogP contribution in [-0.4, -0.2) is 41.6 Å². The molecule has 0 aliphatic carbocycles. The minimum absolute atomic E-state index is 0.220. The maximum Gasteiger partial charge on any atom is 0.263 e. The molecule has 0 amide bonds. The first-order valence-electron chi connectivity index (χ1n) is 8.80. The minimum atomic E-state index is -0.220. The molecule has 3 aromatic rings. The molecule has 0 saturated heterocycles. The van der Waals surface area contributed by atoms with Crippen LogP contribution < -0.4 is 10.9 Å². The van der Waals surface area contributed by atoms with Gasteiger partial charge in [-0.2, -0.15) is 0 Å². The number of rotatable bonds is 6. The topological polar surface area (TPSA) is 70.1 Å². The molecule has 2 aromatic carbocycles. The molecular weight excluding hydrogens is 420 g/mol. The smallest absolute Gasteiger partial charge is 0.263 e. The highest BCUT2D eigenvalue weighted by atomic mass is 32.2. The number of anilines is 1. The highest BCUT2D eigenvalue weighted by Gasteiger charge is 2.17. The van der Waals surface area contributed by atoms with Gasteiger partial charge in [0.25, 0.3) is 5.56 Å². The molecular formula is C21H22N4OS3. The van der Waals surface area contributed by atoms with Gasteiger partial charge in [-0.3, -0.25) is 9.79 Å². The lowest BCUT2D eigenvalue weighted by atomic mass is 10.2. The van der Waals surface area contributed by atoms with Crippen molar-refractivity contribution in [3.63, 3.8) is 0 Å². The zero-order valence-electron chi connectivity index (χ0n) is 16.6. The van der Waals surface area contributed by atoms with Crippen LogP contribution in [-0.2, 0) is 0 Å². The molecule has 0 atom stereocenters. The normalized spacial score (nSPS) is 11.5. The number of aromatic nitrogens is 2. The van der Waals surface area contributed by atoms with Crippen molar-refractivity contribution in [1.82, 2.24) is 9.97 Å². The van der Waals surface area contributed by atoms with Gasteiger partial charge < -0.3 is 10.3 Å². The van der Waals surface area contributed by atoms with Crippen molar-refractivity contribution in [3.8, 4) is 11.4 Å². The monoisotopic (exact) mass is 442 g/mol. The summed E-state index contributed by atoms with van der Waals surface area (Å²) >= 11 is 4.78.